The smallest absolute Gasteiger partial charge is 0.250 e. The molecule has 0 spiro atoms. The molecular formula is C16H19N3O2. The number of rotatable bonds is 4. The van der Waals surface area contributed by atoms with E-state index in [1.54, 1.807) is 0 Å². The van der Waals surface area contributed by atoms with E-state index in [0.717, 1.165) is 31.5 Å². The van der Waals surface area contributed by atoms with Gasteiger partial charge in [-0.1, -0.05) is 12.1 Å². The van der Waals surface area contributed by atoms with Crippen LogP contribution in [-0.2, 0) is 16.1 Å². The van der Waals surface area contributed by atoms with Gasteiger partial charge in [0.05, 0.1) is 18.2 Å². The summed E-state index contributed by atoms with van der Waals surface area (Å²) < 4.78 is 5.58. The lowest BCUT2D eigenvalue weighted by Gasteiger charge is -2.32. The summed E-state index contributed by atoms with van der Waals surface area (Å²) >= 11 is 0. The number of morpholine rings is 1. The fourth-order valence-corrected chi connectivity index (χ4v) is 2.47. The molecule has 1 N–H and O–H groups in total. The third-order valence-corrected chi connectivity index (χ3v) is 3.86. The van der Waals surface area contributed by atoms with Gasteiger partial charge in [0.1, 0.15) is 6.10 Å². The van der Waals surface area contributed by atoms with E-state index in [4.69, 9.17) is 10.00 Å². The maximum Gasteiger partial charge on any atom is 0.250 e. The van der Waals surface area contributed by atoms with Gasteiger partial charge in [0.2, 0.25) is 0 Å². The molecule has 1 aromatic rings. The Balaban J connectivity index is 1.55. The summed E-state index contributed by atoms with van der Waals surface area (Å²) in [5.74, 6) is 0.0158. The fourth-order valence-electron chi connectivity index (χ4n) is 2.47. The summed E-state index contributed by atoms with van der Waals surface area (Å²) in [4.78, 5) is 14.3. The molecular weight excluding hydrogens is 266 g/mol. The predicted octanol–water partition coefficient (Wildman–Crippen LogP) is 1.04. The zero-order chi connectivity index (χ0) is 14.7. The van der Waals surface area contributed by atoms with Crippen LogP contribution in [-0.4, -0.2) is 42.6 Å². The van der Waals surface area contributed by atoms with Gasteiger partial charge in [0.25, 0.3) is 5.91 Å². The van der Waals surface area contributed by atoms with E-state index >= 15 is 0 Å². The second-order valence-corrected chi connectivity index (χ2v) is 5.69. The number of ether oxygens (including phenoxy) is 1. The molecule has 0 radical (unpaired) electrons. The van der Waals surface area contributed by atoms with Crippen molar-refractivity contribution >= 4 is 5.91 Å². The van der Waals surface area contributed by atoms with Crippen molar-refractivity contribution in [2.24, 2.45) is 0 Å². The average molecular weight is 285 g/mol. The van der Waals surface area contributed by atoms with Gasteiger partial charge in [-0.2, -0.15) is 5.26 Å². The van der Waals surface area contributed by atoms with Crippen LogP contribution in [0.3, 0.4) is 0 Å². The molecule has 1 unspecified atom stereocenters. The summed E-state index contributed by atoms with van der Waals surface area (Å²) in [5, 5.41) is 11.8. The molecule has 2 fully saturated rings. The fraction of sp³-hybridized carbons (Fsp3) is 0.500. The average Bonchev–Trinajstić information content (AvgIpc) is 3.32. The van der Waals surface area contributed by atoms with Gasteiger partial charge < -0.3 is 10.1 Å². The van der Waals surface area contributed by atoms with Crippen molar-refractivity contribution in [3.8, 4) is 6.07 Å². The van der Waals surface area contributed by atoms with Gasteiger partial charge in [-0.3, -0.25) is 9.69 Å². The van der Waals surface area contributed by atoms with Crippen molar-refractivity contribution < 1.29 is 9.53 Å². The molecule has 1 amide bonds. The number of hydrogen-bond acceptors (Lipinski definition) is 4. The van der Waals surface area contributed by atoms with E-state index < -0.39 is 0 Å². The first kappa shape index (κ1) is 14.1. The molecule has 1 aromatic carbocycles. The van der Waals surface area contributed by atoms with Crippen LogP contribution in [0.1, 0.15) is 24.0 Å². The lowest BCUT2D eigenvalue weighted by atomic mass is 10.1. The van der Waals surface area contributed by atoms with Crippen LogP contribution in [0, 0.1) is 11.3 Å². The molecule has 1 heterocycles. The Morgan fingerprint density at radius 2 is 2.14 bits per heavy atom. The lowest BCUT2D eigenvalue weighted by Crippen LogP contribution is -2.49. The first-order valence-electron chi connectivity index (χ1n) is 7.38. The number of benzene rings is 1. The first-order valence-corrected chi connectivity index (χ1v) is 7.38. The van der Waals surface area contributed by atoms with Crippen LogP contribution >= 0.6 is 0 Å². The highest BCUT2D eigenvalue weighted by atomic mass is 16.5. The Labute approximate surface area is 124 Å². The number of nitrogens with one attached hydrogen (secondary N) is 1. The van der Waals surface area contributed by atoms with Crippen LogP contribution in [0.25, 0.3) is 0 Å². The third-order valence-electron chi connectivity index (χ3n) is 3.86. The van der Waals surface area contributed by atoms with Crippen molar-refractivity contribution in [3.05, 3.63) is 35.4 Å². The number of carbonyl (C=O) groups is 1. The molecule has 5 nitrogen and oxygen atoms in total. The number of nitriles is 1. The van der Waals surface area contributed by atoms with Gasteiger partial charge >= 0.3 is 0 Å². The highest BCUT2D eigenvalue weighted by Crippen LogP contribution is 2.19. The van der Waals surface area contributed by atoms with Gasteiger partial charge in [0, 0.05) is 25.7 Å². The normalized spacial score (nSPS) is 22.5. The van der Waals surface area contributed by atoms with E-state index in [1.807, 2.05) is 24.3 Å². The summed E-state index contributed by atoms with van der Waals surface area (Å²) in [6.45, 7) is 2.81. The van der Waals surface area contributed by atoms with Gasteiger partial charge in [-0.25, -0.2) is 0 Å². The number of carbonyl (C=O) groups excluding carboxylic acids is 1. The van der Waals surface area contributed by atoms with Crippen molar-refractivity contribution in [2.45, 2.75) is 31.5 Å². The molecule has 110 valence electrons. The first-order chi connectivity index (χ1) is 10.2. The van der Waals surface area contributed by atoms with Crippen LogP contribution in [0.4, 0.5) is 0 Å². The van der Waals surface area contributed by atoms with Crippen LogP contribution in [0.2, 0.25) is 0 Å². The number of amides is 1. The zero-order valence-electron chi connectivity index (χ0n) is 11.9. The summed E-state index contributed by atoms with van der Waals surface area (Å²) in [6.07, 6.45) is 1.82. The molecule has 1 aliphatic carbocycles. The minimum absolute atomic E-state index is 0.0158. The van der Waals surface area contributed by atoms with E-state index in [1.165, 1.54) is 0 Å². The van der Waals surface area contributed by atoms with Crippen LogP contribution in [0.5, 0.6) is 0 Å². The molecule has 1 saturated heterocycles. The molecule has 21 heavy (non-hydrogen) atoms. The zero-order valence-corrected chi connectivity index (χ0v) is 11.9. The SMILES string of the molecule is N#Cc1ccc(CN2CCOC(C(=O)NC3CC3)C2)cc1. The van der Waals surface area contributed by atoms with Gasteiger partial charge in [-0.05, 0) is 30.5 Å². The molecule has 3 rings (SSSR count). The minimum atomic E-state index is -0.363. The monoisotopic (exact) mass is 285 g/mol. The van der Waals surface area contributed by atoms with Crippen molar-refractivity contribution in [1.82, 2.24) is 10.2 Å². The lowest BCUT2D eigenvalue weighted by molar-refractivity contribution is -0.138. The van der Waals surface area contributed by atoms with Crippen molar-refractivity contribution in [3.63, 3.8) is 0 Å². The van der Waals surface area contributed by atoms with Gasteiger partial charge in [-0.15, -0.1) is 0 Å². The Morgan fingerprint density at radius 1 is 1.38 bits per heavy atom. The van der Waals surface area contributed by atoms with E-state index in [0.29, 0.717) is 24.8 Å². The van der Waals surface area contributed by atoms with Crippen molar-refractivity contribution in [1.29, 1.82) is 5.26 Å². The molecule has 0 aromatic heterocycles. The molecule has 1 atom stereocenters. The topological polar surface area (TPSA) is 65.4 Å². The number of hydrogen-bond donors (Lipinski definition) is 1. The molecule has 0 bridgehead atoms. The summed E-state index contributed by atoms with van der Waals surface area (Å²) in [5.41, 5.74) is 1.82. The Hall–Kier alpha value is -1.90. The molecule has 5 heteroatoms. The Kier molecular flexibility index (Phi) is 4.18. The Bertz CT molecular complexity index is 546. The van der Waals surface area contributed by atoms with Crippen LogP contribution in [0.15, 0.2) is 24.3 Å². The van der Waals surface area contributed by atoms with Crippen LogP contribution < -0.4 is 5.32 Å². The number of nitrogens with zero attached hydrogens (tertiary/aromatic N) is 2. The van der Waals surface area contributed by atoms with E-state index in [2.05, 4.69) is 16.3 Å². The summed E-state index contributed by atoms with van der Waals surface area (Å²) in [6, 6.07) is 10.1. The molecule has 1 aliphatic heterocycles. The second kappa shape index (κ2) is 6.25. The standard InChI is InChI=1S/C16H19N3O2/c17-9-12-1-3-13(4-2-12)10-19-7-8-21-15(11-19)16(20)18-14-5-6-14/h1-4,14-15H,5-8,10-11H2,(H,18,20). The molecule has 1 saturated carbocycles. The quantitative estimate of drug-likeness (QED) is 0.897. The second-order valence-electron chi connectivity index (χ2n) is 5.69. The van der Waals surface area contributed by atoms with E-state index in [9.17, 15) is 4.79 Å². The molecule has 2 aliphatic rings. The predicted molar refractivity (Wildman–Crippen MR) is 77.3 cm³/mol. The summed E-state index contributed by atoms with van der Waals surface area (Å²) in [7, 11) is 0. The largest absolute Gasteiger partial charge is 0.366 e. The van der Waals surface area contributed by atoms with Gasteiger partial charge in [0.15, 0.2) is 0 Å². The Morgan fingerprint density at radius 3 is 2.81 bits per heavy atom. The van der Waals surface area contributed by atoms with E-state index in [-0.39, 0.29) is 12.0 Å². The highest BCUT2D eigenvalue weighted by Gasteiger charge is 2.31. The minimum Gasteiger partial charge on any atom is -0.366 e. The third kappa shape index (κ3) is 3.81. The van der Waals surface area contributed by atoms with Crippen molar-refractivity contribution in [2.75, 3.05) is 19.7 Å². The maximum absolute atomic E-state index is 12.0. The maximum atomic E-state index is 12.0. The highest BCUT2D eigenvalue weighted by molar-refractivity contribution is 5.81.